The highest BCUT2D eigenvalue weighted by atomic mass is 19.1. The van der Waals surface area contributed by atoms with E-state index in [1.807, 2.05) is 29.2 Å². The Balaban J connectivity index is 1.43. The van der Waals surface area contributed by atoms with Gasteiger partial charge in [0.25, 0.3) is 5.91 Å². The fourth-order valence-corrected chi connectivity index (χ4v) is 4.17. The van der Waals surface area contributed by atoms with E-state index in [1.165, 1.54) is 11.1 Å². The summed E-state index contributed by atoms with van der Waals surface area (Å²) in [6.45, 7) is 3.68. The highest BCUT2D eigenvalue weighted by Gasteiger charge is 2.26. The maximum absolute atomic E-state index is 13.2. The van der Waals surface area contributed by atoms with Crippen LogP contribution in [0.1, 0.15) is 53.2 Å². The predicted octanol–water partition coefficient (Wildman–Crippen LogP) is 4.40. The van der Waals surface area contributed by atoms with Gasteiger partial charge in [-0.1, -0.05) is 24.3 Å². The molecule has 2 aromatic carbocycles. The van der Waals surface area contributed by atoms with Crippen LogP contribution < -0.4 is 0 Å². The van der Waals surface area contributed by atoms with Gasteiger partial charge in [0.15, 0.2) is 0 Å². The minimum absolute atomic E-state index is 0.152. The summed E-state index contributed by atoms with van der Waals surface area (Å²) >= 11 is 0. The highest BCUT2D eigenvalue weighted by molar-refractivity contribution is 5.94. The van der Waals surface area contributed by atoms with E-state index in [1.54, 1.807) is 12.1 Å². The molecule has 2 aliphatic rings. The first-order valence-electron chi connectivity index (χ1n) is 9.58. The van der Waals surface area contributed by atoms with Crippen molar-refractivity contribution in [3.05, 3.63) is 71.0 Å². The van der Waals surface area contributed by atoms with E-state index in [9.17, 15) is 9.18 Å². The third kappa shape index (κ3) is 3.65. The van der Waals surface area contributed by atoms with Crippen LogP contribution in [0.2, 0.25) is 0 Å². The third-order valence-electron chi connectivity index (χ3n) is 5.60. The van der Waals surface area contributed by atoms with Gasteiger partial charge in [-0.3, -0.25) is 9.69 Å². The lowest BCUT2D eigenvalue weighted by atomic mass is 10.0. The number of carbonyl (C=O) groups is 1. The number of benzene rings is 2. The van der Waals surface area contributed by atoms with E-state index in [-0.39, 0.29) is 11.7 Å². The molecule has 3 nitrogen and oxygen atoms in total. The van der Waals surface area contributed by atoms with Crippen LogP contribution in [0.4, 0.5) is 4.39 Å². The number of halogens is 1. The largest absolute Gasteiger partial charge is 0.339 e. The molecule has 26 heavy (non-hydrogen) atoms. The van der Waals surface area contributed by atoms with Crippen LogP contribution in [-0.2, 0) is 6.54 Å². The number of nitrogens with zero attached hydrogens (tertiary/aromatic N) is 2. The van der Waals surface area contributed by atoms with Gasteiger partial charge in [-0.2, -0.15) is 0 Å². The van der Waals surface area contributed by atoms with E-state index in [2.05, 4.69) is 17.0 Å². The molecule has 0 aliphatic carbocycles. The summed E-state index contributed by atoms with van der Waals surface area (Å²) in [4.78, 5) is 16.8. The number of amides is 1. The van der Waals surface area contributed by atoms with Gasteiger partial charge in [-0.25, -0.2) is 4.39 Å². The first kappa shape index (κ1) is 17.2. The van der Waals surface area contributed by atoms with Crippen molar-refractivity contribution in [1.29, 1.82) is 0 Å². The number of likely N-dealkylation sites (tertiary alicyclic amines) is 2. The van der Waals surface area contributed by atoms with Crippen molar-refractivity contribution >= 4 is 5.91 Å². The average molecular weight is 352 g/mol. The summed E-state index contributed by atoms with van der Waals surface area (Å²) in [5.41, 5.74) is 3.19. The van der Waals surface area contributed by atoms with Crippen LogP contribution in [-0.4, -0.2) is 35.3 Å². The Labute approximate surface area is 154 Å². The van der Waals surface area contributed by atoms with Crippen LogP contribution in [0.5, 0.6) is 0 Å². The molecule has 4 heteroatoms. The molecule has 0 N–H and O–H groups in total. The molecule has 1 atom stereocenters. The first-order chi connectivity index (χ1) is 12.7. The van der Waals surface area contributed by atoms with Gasteiger partial charge in [0.2, 0.25) is 0 Å². The summed E-state index contributed by atoms with van der Waals surface area (Å²) in [5, 5.41) is 0. The fourth-order valence-electron chi connectivity index (χ4n) is 4.17. The highest BCUT2D eigenvalue weighted by Crippen LogP contribution is 2.33. The molecule has 2 aliphatic heterocycles. The van der Waals surface area contributed by atoms with Crippen molar-refractivity contribution in [2.45, 2.75) is 38.3 Å². The SMILES string of the molecule is O=C(c1ccc(CN2CCCC2c2ccc(F)cc2)cc1)N1CCCC1. The normalized spacial score (nSPS) is 20.7. The maximum Gasteiger partial charge on any atom is 0.253 e. The van der Waals surface area contributed by atoms with Crippen molar-refractivity contribution in [2.75, 3.05) is 19.6 Å². The van der Waals surface area contributed by atoms with E-state index in [4.69, 9.17) is 0 Å². The van der Waals surface area contributed by atoms with Gasteiger partial charge in [-0.15, -0.1) is 0 Å². The number of carbonyl (C=O) groups excluding carboxylic acids is 1. The molecule has 2 heterocycles. The van der Waals surface area contributed by atoms with Crippen molar-refractivity contribution in [3.63, 3.8) is 0 Å². The number of hydrogen-bond donors (Lipinski definition) is 0. The standard InChI is InChI=1S/C22H25FN2O/c23-20-11-9-18(10-12-20)21-4-3-15-25(21)16-17-5-7-19(8-6-17)22(26)24-13-1-2-14-24/h5-12,21H,1-4,13-16H2. The molecule has 1 unspecified atom stereocenters. The summed E-state index contributed by atoms with van der Waals surface area (Å²) in [6.07, 6.45) is 4.50. The second kappa shape index (κ2) is 7.58. The molecule has 0 saturated carbocycles. The molecule has 0 aromatic heterocycles. The second-order valence-corrected chi connectivity index (χ2v) is 7.38. The number of rotatable bonds is 4. The monoisotopic (exact) mass is 352 g/mol. The molecule has 0 spiro atoms. The Morgan fingerprint density at radius 3 is 2.31 bits per heavy atom. The van der Waals surface area contributed by atoms with E-state index >= 15 is 0 Å². The van der Waals surface area contributed by atoms with Gasteiger partial charge in [0, 0.05) is 31.2 Å². The molecule has 0 radical (unpaired) electrons. The molecule has 2 aromatic rings. The summed E-state index contributed by atoms with van der Waals surface area (Å²) < 4.78 is 13.2. The Morgan fingerprint density at radius 2 is 1.62 bits per heavy atom. The predicted molar refractivity (Wildman–Crippen MR) is 100 cm³/mol. The van der Waals surface area contributed by atoms with Crippen LogP contribution in [0.25, 0.3) is 0 Å². The summed E-state index contributed by atoms with van der Waals surface area (Å²) in [6, 6.07) is 15.3. The van der Waals surface area contributed by atoms with Crippen LogP contribution in [0, 0.1) is 5.82 Å². The fraction of sp³-hybridized carbons (Fsp3) is 0.409. The van der Waals surface area contributed by atoms with E-state index < -0.39 is 0 Å². The Morgan fingerprint density at radius 1 is 0.923 bits per heavy atom. The summed E-state index contributed by atoms with van der Waals surface area (Å²) in [7, 11) is 0. The Bertz CT molecular complexity index is 751. The zero-order chi connectivity index (χ0) is 17.9. The van der Waals surface area contributed by atoms with Crippen LogP contribution in [0.15, 0.2) is 48.5 Å². The Hall–Kier alpha value is -2.20. The zero-order valence-corrected chi connectivity index (χ0v) is 15.0. The van der Waals surface area contributed by atoms with Crippen molar-refractivity contribution in [3.8, 4) is 0 Å². The lowest BCUT2D eigenvalue weighted by Crippen LogP contribution is -2.27. The molecule has 2 saturated heterocycles. The average Bonchev–Trinajstić information content (AvgIpc) is 3.35. The van der Waals surface area contributed by atoms with Crippen molar-refractivity contribution in [2.24, 2.45) is 0 Å². The van der Waals surface area contributed by atoms with Gasteiger partial charge in [0.05, 0.1) is 0 Å². The minimum Gasteiger partial charge on any atom is -0.339 e. The van der Waals surface area contributed by atoms with Gasteiger partial charge in [0.1, 0.15) is 5.82 Å². The van der Waals surface area contributed by atoms with Gasteiger partial charge < -0.3 is 4.90 Å². The zero-order valence-electron chi connectivity index (χ0n) is 15.0. The molecular formula is C22H25FN2O. The van der Waals surface area contributed by atoms with Crippen LogP contribution in [0.3, 0.4) is 0 Å². The Kier molecular flexibility index (Phi) is 5.02. The quantitative estimate of drug-likeness (QED) is 0.814. The maximum atomic E-state index is 13.2. The van der Waals surface area contributed by atoms with Gasteiger partial charge in [-0.05, 0) is 67.6 Å². The smallest absolute Gasteiger partial charge is 0.253 e. The third-order valence-corrected chi connectivity index (χ3v) is 5.60. The van der Waals surface area contributed by atoms with Crippen molar-refractivity contribution in [1.82, 2.24) is 9.80 Å². The lowest BCUT2D eigenvalue weighted by molar-refractivity contribution is 0.0793. The van der Waals surface area contributed by atoms with Gasteiger partial charge >= 0.3 is 0 Å². The molecule has 136 valence electrons. The van der Waals surface area contributed by atoms with E-state index in [0.717, 1.165) is 57.4 Å². The molecule has 2 fully saturated rings. The molecule has 1 amide bonds. The second-order valence-electron chi connectivity index (χ2n) is 7.38. The lowest BCUT2D eigenvalue weighted by Gasteiger charge is -2.25. The molecule has 4 rings (SSSR count). The van der Waals surface area contributed by atoms with Crippen LogP contribution >= 0.6 is 0 Å². The molecule has 0 bridgehead atoms. The first-order valence-corrected chi connectivity index (χ1v) is 9.58. The van der Waals surface area contributed by atoms with Crippen molar-refractivity contribution < 1.29 is 9.18 Å². The minimum atomic E-state index is -0.184. The molecular weight excluding hydrogens is 327 g/mol. The number of hydrogen-bond acceptors (Lipinski definition) is 2. The topological polar surface area (TPSA) is 23.6 Å². The summed E-state index contributed by atoms with van der Waals surface area (Å²) in [5.74, 6) is -0.0315. The van der Waals surface area contributed by atoms with E-state index in [0.29, 0.717) is 6.04 Å².